The van der Waals surface area contributed by atoms with Crippen molar-refractivity contribution in [1.82, 2.24) is 4.98 Å². The van der Waals surface area contributed by atoms with Gasteiger partial charge in [-0.25, -0.2) is 4.98 Å². The van der Waals surface area contributed by atoms with E-state index < -0.39 is 0 Å². The third-order valence-electron chi connectivity index (χ3n) is 4.22. The van der Waals surface area contributed by atoms with Crippen LogP contribution in [0.2, 0.25) is 0 Å². The molecular weight excluding hydrogens is 320 g/mol. The minimum absolute atomic E-state index is 0.415. The lowest BCUT2D eigenvalue weighted by Gasteiger charge is -2.24. The van der Waals surface area contributed by atoms with Crippen LogP contribution in [0.3, 0.4) is 0 Å². The molecule has 0 bridgehead atoms. The molecule has 0 spiro atoms. The number of fused-ring (bicyclic) bond motifs is 1. The Morgan fingerprint density at radius 1 is 1.29 bits per heavy atom. The van der Waals surface area contributed by atoms with Crippen molar-refractivity contribution in [2.75, 3.05) is 18.5 Å². The van der Waals surface area contributed by atoms with Gasteiger partial charge in [-0.1, -0.05) is 18.1 Å². The molecule has 1 saturated heterocycles. The number of nitrogens with zero attached hydrogens (tertiary/aromatic N) is 1. The van der Waals surface area contributed by atoms with Gasteiger partial charge in [0.25, 0.3) is 0 Å². The highest BCUT2D eigenvalue weighted by Gasteiger charge is 2.20. The van der Waals surface area contributed by atoms with Gasteiger partial charge in [0, 0.05) is 30.0 Å². The number of furan rings is 1. The smallest absolute Gasteiger partial charge is 0.187 e. The van der Waals surface area contributed by atoms with Gasteiger partial charge in [0.2, 0.25) is 0 Å². The molecule has 0 unspecified atom stereocenters. The van der Waals surface area contributed by atoms with Crippen LogP contribution >= 0.6 is 11.3 Å². The molecule has 0 aliphatic carbocycles. The molecule has 122 valence electrons. The summed E-state index contributed by atoms with van der Waals surface area (Å²) >= 11 is 1.58. The fourth-order valence-electron chi connectivity index (χ4n) is 3.09. The molecule has 1 aliphatic heterocycles. The normalized spacial score (nSPS) is 15.2. The topological polar surface area (TPSA) is 47.3 Å². The quantitative estimate of drug-likeness (QED) is 0.713. The van der Waals surface area contributed by atoms with Gasteiger partial charge >= 0.3 is 0 Å². The third-order valence-corrected chi connectivity index (χ3v) is 4.81. The van der Waals surface area contributed by atoms with E-state index in [-0.39, 0.29) is 0 Å². The molecule has 1 fully saturated rings. The minimum atomic E-state index is 0.415. The predicted octanol–water partition coefficient (Wildman–Crippen LogP) is 4.52. The third kappa shape index (κ3) is 2.79. The number of thiazole rings is 1. The molecule has 2 aromatic heterocycles. The van der Waals surface area contributed by atoms with Crippen molar-refractivity contribution in [3.8, 4) is 23.1 Å². The number of hydrogen-bond donors (Lipinski definition) is 1. The van der Waals surface area contributed by atoms with E-state index in [0.29, 0.717) is 11.8 Å². The first-order chi connectivity index (χ1) is 11.9. The van der Waals surface area contributed by atoms with E-state index in [2.05, 4.69) is 40.3 Å². The molecule has 0 amide bonds. The fraction of sp³-hybridized carbons (Fsp3) is 0.316. The maximum atomic E-state index is 6.13. The van der Waals surface area contributed by atoms with E-state index in [1.807, 2.05) is 17.8 Å². The van der Waals surface area contributed by atoms with Crippen molar-refractivity contribution in [2.45, 2.75) is 25.8 Å². The van der Waals surface area contributed by atoms with Crippen LogP contribution in [0.1, 0.15) is 25.5 Å². The zero-order valence-electron chi connectivity index (χ0n) is 13.5. The van der Waals surface area contributed by atoms with E-state index >= 15 is 0 Å². The van der Waals surface area contributed by atoms with Crippen LogP contribution in [0.25, 0.3) is 22.2 Å². The monoisotopic (exact) mass is 338 g/mol. The van der Waals surface area contributed by atoms with Crippen LogP contribution in [-0.4, -0.2) is 24.2 Å². The van der Waals surface area contributed by atoms with E-state index in [1.165, 1.54) is 0 Å². The molecule has 24 heavy (non-hydrogen) atoms. The second kappa shape index (κ2) is 6.68. The molecule has 0 radical (unpaired) electrons. The van der Waals surface area contributed by atoms with Crippen LogP contribution in [0.5, 0.6) is 0 Å². The Labute approximate surface area is 144 Å². The Morgan fingerprint density at radius 2 is 2.17 bits per heavy atom. The van der Waals surface area contributed by atoms with E-state index in [4.69, 9.17) is 9.15 Å². The summed E-state index contributed by atoms with van der Waals surface area (Å²) in [5, 5.41) is 6.70. The van der Waals surface area contributed by atoms with E-state index in [9.17, 15) is 0 Å². The van der Waals surface area contributed by atoms with Gasteiger partial charge in [-0.2, -0.15) is 0 Å². The van der Waals surface area contributed by atoms with Crippen LogP contribution in [-0.2, 0) is 4.74 Å². The zero-order chi connectivity index (χ0) is 16.4. The summed E-state index contributed by atoms with van der Waals surface area (Å²) in [5.41, 5.74) is 5.60. The average Bonchev–Trinajstić information content (AvgIpc) is 3.24. The highest BCUT2D eigenvalue weighted by Crippen LogP contribution is 2.38. The van der Waals surface area contributed by atoms with Crippen LogP contribution in [0.15, 0.2) is 33.5 Å². The molecule has 3 heterocycles. The largest absolute Gasteiger partial charge is 0.445 e. The summed E-state index contributed by atoms with van der Waals surface area (Å²) in [5.74, 6) is 6.71. The van der Waals surface area contributed by atoms with Crippen molar-refractivity contribution < 1.29 is 9.15 Å². The molecule has 1 N–H and O–H groups in total. The maximum Gasteiger partial charge on any atom is 0.187 e. The number of aromatic nitrogens is 1. The summed E-state index contributed by atoms with van der Waals surface area (Å²) < 4.78 is 11.6. The predicted molar refractivity (Wildman–Crippen MR) is 97.3 cm³/mol. The first-order valence-corrected chi connectivity index (χ1v) is 9.02. The summed E-state index contributed by atoms with van der Waals surface area (Å²) in [7, 11) is 0. The first-order valence-electron chi connectivity index (χ1n) is 8.08. The van der Waals surface area contributed by atoms with Gasteiger partial charge in [-0.05, 0) is 31.8 Å². The maximum absolute atomic E-state index is 6.13. The number of benzene rings is 1. The highest BCUT2D eigenvalue weighted by molar-refractivity contribution is 7.07. The number of rotatable bonds is 3. The number of para-hydroxylation sites is 1. The highest BCUT2D eigenvalue weighted by atomic mass is 32.1. The van der Waals surface area contributed by atoms with Crippen LogP contribution in [0, 0.1) is 11.8 Å². The second-order valence-corrected chi connectivity index (χ2v) is 6.49. The Balaban J connectivity index is 1.82. The molecule has 0 atom stereocenters. The summed E-state index contributed by atoms with van der Waals surface area (Å²) in [6.45, 7) is 3.43. The number of anilines is 1. The molecule has 5 heteroatoms. The summed E-state index contributed by atoms with van der Waals surface area (Å²) in [6.07, 6.45) is 2.02. The molecule has 0 saturated carbocycles. The Kier molecular flexibility index (Phi) is 4.24. The first kappa shape index (κ1) is 15.3. The van der Waals surface area contributed by atoms with Crippen molar-refractivity contribution in [3.05, 3.63) is 34.8 Å². The van der Waals surface area contributed by atoms with E-state index in [1.54, 1.807) is 11.3 Å². The molecule has 4 rings (SSSR count). The number of hydrogen-bond acceptors (Lipinski definition) is 5. The van der Waals surface area contributed by atoms with Gasteiger partial charge in [0.15, 0.2) is 11.3 Å². The van der Waals surface area contributed by atoms with E-state index in [0.717, 1.165) is 54.0 Å². The summed E-state index contributed by atoms with van der Waals surface area (Å²) in [6, 6.07) is 6.61. The molecule has 4 nitrogen and oxygen atoms in total. The van der Waals surface area contributed by atoms with Gasteiger partial charge in [0.1, 0.15) is 0 Å². The average molecular weight is 338 g/mol. The van der Waals surface area contributed by atoms with Gasteiger partial charge in [-0.15, -0.1) is 11.3 Å². The van der Waals surface area contributed by atoms with Crippen LogP contribution in [0.4, 0.5) is 5.69 Å². The lowest BCUT2D eigenvalue weighted by atomic mass is 10.1. The summed E-state index contributed by atoms with van der Waals surface area (Å²) in [4.78, 5) is 4.45. The molecule has 1 aliphatic rings. The van der Waals surface area contributed by atoms with Crippen molar-refractivity contribution in [3.63, 3.8) is 0 Å². The van der Waals surface area contributed by atoms with Gasteiger partial charge < -0.3 is 14.5 Å². The SMILES string of the molecule is CC#Cc1oc2c(NC3CCOCC3)cccc2c1-c1cscn1. The Bertz CT molecular complexity index is 897. The lowest BCUT2D eigenvalue weighted by molar-refractivity contribution is 0.0904. The van der Waals surface area contributed by atoms with Crippen molar-refractivity contribution >= 4 is 28.0 Å². The molecule has 1 aromatic carbocycles. The second-order valence-electron chi connectivity index (χ2n) is 5.77. The van der Waals surface area contributed by atoms with Gasteiger partial charge in [-0.3, -0.25) is 0 Å². The van der Waals surface area contributed by atoms with Crippen LogP contribution < -0.4 is 5.32 Å². The number of ether oxygens (including phenoxy) is 1. The molecular formula is C19H18N2O2S. The Morgan fingerprint density at radius 3 is 2.92 bits per heavy atom. The molecule has 3 aromatic rings. The zero-order valence-corrected chi connectivity index (χ0v) is 14.3. The minimum Gasteiger partial charge on any atom is -0.445 e. The lowest BCUT2D eigenvalue weighted by Crippen LogP contribution is -2.27. The fourth-order valence-corrected chi connectivity index (χ4v) is 3.63. The van der Waals surface area contributed by atoms with Gasteiger partial charge in [0.05, 0.1) is 22.5 Å². The standard InChI is InChI=1S/C19H18N2O2S/c1-2-4-17-18(16-11-24-12-20-16)14-5-3-6-15(19(14)23-17)21-13-7-9-22-10-8-13/h3,5-6,11-13,21H,7-10H2,1H3. The van der Waals surface area contributed by atoms with Crippen molar-refractivity contribution in [1.29, 1.82) is 0 Å². The number of nitrogens with one attached hydrogen (secondary N) is 1. The van der Waals surface area contributed by atoms with Crippen molar-refractivity contribution in [2.24, 2.45) is 0 Å². The Hall–Kier alpha value is -2.29.